The first-order valence-electron chi connectivity index (χ1n) is 14.7. The number of carbonyl (C=O) groups is 1. The van der Waals surface area contributed by atoms with E-state index in [2.05, 4.69) is 19.2 Å². The van der Waals surface area contributed by atoms with Crippen molar-refractivity contribution in [1.82, 2.24) is 5.32 Å². The fourth-order valence-electron chi connectivity index (χ4n) is 4.53. The topological polar surface area (TPSA) is 69.6 Å². The number of unbranched alkanes of at least 4 members (excludes halogenated alkanes) is 19. The molecule has 4 nitrogen and oxygen atoms in total. The zero-order chi connectivity index (χ0) is 24.4. The highest BCUT2D eigenvalue weighted by molar-refractivity contribution is 5.76. The van der Waals surface area contributed by atoms with E-state index in [0.717, 1.165) is 32.1 Å². The van der Waals surface area contributed by atoms with Gasteiger partial charge in [-0.15, -0.1) is 0 Å². The molecule has 33 heavy (non-hydrogen) atoms. The van der Waals surface area contributed by atoms with Crippen molar-refractivity contribution in [2.24, 2.45) is 0 Å². The van der Waals surface area contributed by atoms with E-state index in [-0.39, 0.29) is 12.5 Å². The Morgan fingerprint density at radius 3 is 1.36 bits per heavy atom. The summed E-state index contributed by atoms with van der Waals surface area (Å²) in [6, 6.07) is -0.523. The number of aliphatic hydroxyl groups excluding tert-OH is 2. The molecule has 2 atom stereocenters. The van der Waals surface area contributed by atoms with Gasteiger partial charge >= 0.3 is 0 Å². The summed E-state index contributed by atoms with van der Waals surface area (Å²) >= 11 is 0. The average Bonchev–Trinajstić information content (AvgIpc) is 2.82. The predicted octanol–water partition coefficient (Wildman–Crippen LogP) is 7.84. The maximum atomic E-state index is 12.1. The largest absolute Gasteiger partial charge is 0.394 e. The summed E-state index contributed by atoms with van der Waals surface area (Å²) in [4.78, 5) is 12.1. The third-order valence-corrected chi connectivity index (χ3v) is 6.87. The van der Waals surface area contributed by atoms with Crippen LogP contribution in [0.5, 0.6) is 0 Å². The van der Waals surface area contributed by atoms with Crippen LogP contribution in [0.2, 0.25) is 0 Å². The third kappa shape index (κ3) is 22.9. The van der Waals surface area contributed by atoms with Crippen LogP contribution in [0.25, 0.3) is 0 Å². The lowest BCUT2D eigenvalue weighted by atomic mass is 10.0. The van der Waals surface area contributed by atoms with Crippen LogP contribution in [-0.4, -0.2) is 34.9 Å². The van der Waals surface area contributed by atoms with Gasteiger partial charge in [-0.05, 0) is 12.8 Å². The Morgan fingerprint density at radius 2 is 0.970 bits per heavy atom. The van der Waals surface area contributed by atoms with E-state index in [9.17, 15) is 15.0 Å². The van der Waals surface area contributed by atoms with Crippen LogP contribution in [0.4, 0.5) is 0 Å². The number of hydrogen-bond donors (Lipinski definition) is 3. The fraction of sp³-hybridized carbons (Fsp3) is 0.966. The van der Waals surface area contributed by atoms with Gasteiger partial charge in [0.15, 0.2) is 0 Å². The van der Waals surface area contributed by atoms with Gasteiger partial charge in [-0.3, -0.25) is 4.79 Å². The van der Waals surface area contributed by atoms with Gasteiger partial charge in [-0.2, -0.15) is 0 Å². The van der Waals surface area contributed by atoms with E-state index in [1.54, 1.807) is 0 Å². The number of nitrogens with one attached hydrogen (secondary N) is 1. The Morgan fingerprint density at radius 1 is 0.606 bits per heavy atom. The van der Waals surface area contributed by atoms with Crippen LogP contribution in [0.3, 0.4) is 0 Å². The second-order valence-corrected chi connectivity index (χ2v) is 10.2. The molecule has 0 spiro atoms. The van der Waals surface area contributed by atoms with Gasteiger partial charge in [-0.1, -0.05) is 142 Å². The molecule has 0 aromatic heterocycles. The van der Waals surface area contributed by atoms with Crippen LogP contribution < -0.4 is 5.32 Å². The summed E-state index contributed by atoms with van der Waals surface area (Å²) in [6.45, 7) is 4.24. The van der Waals surface area contributed by atoms with Crippen molar-refractivity contribution in [3.63, 3.8) is 0 Å². The van der Waals surface area contributed by atoms with Gasteiger partial charge in [-0.25, -0.2) is 0 Å². The zero-order valence-corrected chi connectivity index (χ0v) is 22.4. The van der Waals surface area contributed by atoms with E-state index in [1.165, 1.54) is 103 Å². The predicted molar refractivity (Wildman–Crippen MR) is 143 cm³/mol. The molecule has 0 aliphatic rings. The van der Waals surface area contributed by atoms with Crippen molar-refractivity contribution < 1.29 is 15.0 Å². The lowest BCUT2D eigenvalue weighted by molar-refractivity contribution is -0.123. The van der Waals surface area contributed by atoms with Crippen LogP contribution in [0.1, 0.15) is 162 Å². The average molecular weight is 470 g/mol. The van der Waals surface area contributed by atoms with E-state index < -0.39 is 12.1 Å². The van der Waals surface area contributed by atoms with Crippen LogP contribution in [0, 0.1) is 0 Å². The van der Waals surface area contributed by atoms with Gasteiger partial charge in [0.2, 0.25) is 5.91 Å². The van der Waals surface area contributed by atoms with Crippen molar-refractivity contribution in [2.75, 3.05) is 6.61 Å². The fourth-order valence-corrected chi connectivity index (χ4v) is 4.53. The van der Waals surface area contributed by atoms with Crippen LogP contribution in [-0.2, 0) is 4.79 Å². The molecule has 1 amide bonds. The highest BCUT2D eigenvalue weighted by Gasteiger charge is 2.19. The first-order valence-corrected chi connectivity index (χ1v) is 14.7. The maximum Gasteiger partial charge on any atom is 0.220 e. The minimum atomic E-state index is -0.647. The van der Waals surface area contributed by atoms with Gasteiger partial charge < -0.3 is 15.5 Å². The Labute approximate surface area is 206 Å². The molecular weight excluding hydrogens is 410 g/mol. The summed E-state index contributed by atoms with van der Waals surface area (Å²) in [5.41, 5.74) is 0. The molecule has 0 radical (unpaired) electrons. The standard InChI is InChI=1S/C29H59NO3/c1-3-5-7-9-10-11-12-13-14-15-16-17-18-19-20-21-23-25-29(33)30-27(26-31)28(32)24-22-8-6-4-2/h27-28,31-32H,3-26H2,1-2H3,(H,30,33). The van der Waals surface area contributed by atoms with E-state index in [4.69, 9.17) is 0 Å². The molecule has 0 saturated heterocycles. The maximum absolute atomic E-state index is 12.1. The number of aliphatic hydroxyl groups is 2. The van der Waals surface area contributed by atoms with Crippen molar-refractivity contribution >= 4 is 5.91 Å². The van der Waals surface area contributed by atoms with Crippen LogP contribution in [0.15, 0.2) is 0 Å². The first-order chi connectivity index (χ1) is 16.2. The summed E-state index contributed by atoms with van der Waals surface area (Å²) in [7, 11) is 0. The molecule has 0 aliphatic heterocycles. The van der Waals surface area contributed by atoms with Gasteiger partial charge in [0.05, 0.1) is 18.8 Å². The minimum Gasteiger partial charge on any atom is -0.394 e. The second-order valence-electron chi connectivity index (χ2n) is 10.2. The Bertz CT molecular complexity index is 402. The highest BCUT2D eigenvalue weighted by Crippen LogP contribution is 2.14. The zero-order valence-electron chi connectivity index (χ0n) is 22.4. The SMILES string of the molecule is CCCCCCCCCCCCCCCCCCCC(=O)NC(CO)C(O)CCCCCC. The molecule has 0 aromatic carbocycles. The van der Waals surface area contributed by atoms with E-state index in [0.29, 0.717) is 12.8 Å². The van der Waals surface area contributed by atoms with Crippen molar-refractivity contribution in [3.05, 3.63) is 0 Å². The summed E-state index contributed by atoms with van der Waals surface area (Å²) in [5.74, 6) is -0.0392. The monoisotopic (exact) mass is 469 g/mol. The summed E-state index contributed by atoms with van der Waals surface area (Å²) < 4.78 is 0. The molecule has 0 aliphatic carbocycles. The molecule has 0 heterocycles. The minimum absolute atomic E-state index is 0.0392. The van der Waals surface area contributed by atoms with Gasteiger partial charge in [0, 0.05) is 6.42 Å². The van der Waals surface area contributed by atoms with Crippen molar-refractivity contribution in [3.8, 4) is 0 Å². The summed E-state index contributed by atoms with van der Waals surface area (Å²) in [6.07, 6.45) is 27.5. The van der Waals surface area contributed by atoms with E-state index >= 15 is 0 Å². The molecule has 4 heteroatoms. The highest BCUT2D eigenvalue weighted by atomic mass is 16.3. The van der Waals surface area contributed by atoms with Gasteiger partial charge in [0.1, 0.15) is 0 Å². The lowest BCUT2D eigenvalue weighted by Crippen LogP contribution is -2.45. The van der Waals surface area contributed by atoms with Crippen LogP contribution >= 0.6 is 0 Å². The van der Waals surface area contributed by atoms with Gasteiger partial charge in [0.25, 0.3) is 0 Å². The molecular formula is C29H59NO3. The second kappa shape index (κ2) is 26.0. The quantitative estimate of drug-likeness (QED) is 0.113. The molecule has 198 valence electrons. The molecule has 0 bridgehead atoms. The summed E-state index contributed by atoms with van der Waals surface area (Å²) in [5, 5.41) is 22.5. The third-order valence-electron chi connectivity index (χ3n) is 6.87. The Kier molecular flexibility index (Phi) is 25.5. The number of carbonyl (C=O) groups excluding carboxylic acids is 1. The lowest BCUT2D eigenvalue weighted by Gasteiger charge is -2.22. The van der Waals surface area contributed by atoms with Crippen molar-refractivity contribution in [1.29, 1.82) is 0 Å². The normalized spacial score (nSPS) is 13.2. The molecule has 2 unspecified atom stereocenters. The molecule has 0 saturated carbocycles. The number of amides is 1. The Hall–Kier alpha value is -0.610. The smallest absolute Gasteiger partial charge is 0.220 e. The Balaban J connectivity index is 3.43. The van der Waals surface area contributed by atoms with E-state index in [1.807, 2.05) is 0 Å². The molecule has 0 fully saturated rings. The molecule has 0 rings (SSSR count). The molecule has 3 N–H and O–H groups in total. The number of rotatable bonds is 26. The van der Waals surface area contributed by atoms with Crippen molar-refractivity contribution in [2.45, 2.75) is 174 Å². The first kappa shape index (κ1) is 32.4. The number of hydrogen-bond acceptors (Lipinski definition) is 3. The molecule has 0 aromatic rings.